The van der Waals surface area contributed by atoms with Gasteiger partial charge in [0.15, 0.2) is 0 Å². The number of aliphatic hydroxyl groups excluding tert-OH is 1. The summed E-state index contributed by atoms with van der Waals surface area (Å²) in [5, 5.41) is 23.2. The first-order valence-corrected chi connectivity index (χ1v) is 30.6. The summed E-state index contributed by atoms with van der Waals surface area (Å²) in [6.45, 7) is 29.4. The lowest BCUT2D eigenvalue weighted by molar-refractivity contribution is -0.157. The monoisotopic (exact) mass is 1200 g/mol. The molecule has 0 spiro atoms. The zero-order chi connectivity index (χ0) is 66.0. The van der Waals surface area contributed by atoms with Gasteiger partial charge in [0.1, 0.15) is 60.4 Å². The second kappa shape index (κ2) is 34.9. The largest absolute Gasteiger partial charge is 0.390 e. The van der Waals surface area contributed by atoms with Crippen LogP contribution in [0.3, 0.4) is 0 Å². The second-order valence-electron chi connectivity index (χ2n) is 26.1. The SMILES string of the molecule is C/C=C/C[C@@H](C)[C@@H](O)[C@H]1C(=O)N[C@@H](CC)C(=O)N(C)CC(=O)N(C)[C@H](C)C(=O)N[C@@H](C(C)C)C(=O)N(C)[C@@H](CC(C)C)C(=O)N[C@@H](CC(C)C)C(=O)N[C@H](C)C(=O)N(C)[C@@H](CC(C)C)C(=O)N(C)[C@H](CC(C)C)C(=O)N(C)[C@@H](C(C)C)C(=O)N1C. The molecule has 23 nitrogen and oxygen atoms in total. The first-order chi connectivity index (χ1) is 39.2. The minimum Gasteiger partial charge on any atom is -0.390 e. The fourth-order valence-corrected chi connectivity index (χ4v) is 10.6. The Labute approximate surface area is 508 Å². The van der Waals surface area contributed by atoms with E-state index >= 15 is 14.4 Å². The summed E-state index contributed by atoms with van der Waals surface area (Å²) in [6.07, 6.45) is 3.03. The summed E-state index contributed by atoms with van der Waals surface area (Å²) in [5.74, 6) is -9.71. The number of likely N-dealkylation sites (N-methyl/N-ethyl adjacent to an activating group) is 7. The van der Waals surface area contributed by atoms with Crippen molar-refractivity contribution in [2.24, 2.45) is 41.4 Å². The summed E-state index contributed by atoms with van der Waals surface area (Å²) in [6, 6.07) is -12.3. The number of nitrogens with zero attached hydrogens (tertiary/aromatic N) is 7. The molecule has 1 aliphatic heterocycles. The molecule has 1 saturated heterocycles. The molecule has 1 heterocycles. The molecule has 23 heteroatoms. The van der Waals surface area contributed by atoms with Crippen LogP contribution in [0.1, 0.15) is 156 Å². The first kappa shape index (κ1) is 76.9. The van der Waals surface area contributed by atoms with Crippen LogP contribution in [0.15, 0.2) is 12.2 Å². The number of hydrogen-bond acceptors (Lipinski definition) is 12. The highest BCUT2D eigenvalue weighted by Gasteiger charge is 2.45. The van der Waals surface area contributed by atoms with Gasteiger partial charge in [-0.05, 0) is 101 Å². The average molecular weight is 1200 g/mol. The van der Waals surface area contributed by atoms with Crippen molar-refractivity contribution in [1.29, 1.82) is 0 Å². The number of rotatable bonds is 15. The third kappa shape index (κ3) is 21.7. The number of aliphatic hydroxyl groups is 1. The molecule has 0 bridgehead atoms. The van der Waals surface area contributed by atoms with Gasteiger partial charge in [-0.3, -0.25) is 52.7 Å². The molecule has 0 radical (unpaired) electrons. The maximum absolute atomic E-state index is 15.1. The standard InChI is InChI=1S/C62H111N11O12/c1-25-27-28-40(15)52(75)51-56(79)64-43(26-2)58(81)67(18)33-48(74)68(19)42(17)53(76)66-49(38(11)12)61(84)69(20)45(30-35(5)6)55(78)65-44(29-34(3)4)54(77)63-41(16)57(80)70(21)46(31-36(7)8)59(82)71(22)47(32-37(9)10)60(83)72(23)50(39(13)14)62(85)73(51)24/h25,27,34-47,49-52,75H,26,28-33H2,1-24H3,(H,63,77)(H,64,79)(H,65,78)(H,66,76)/b27-25+/t40-,41-,42-,43+,44+,45+,46+,47-,49+,50+,51+,52-/m1/s1. The normalized spacial score (nSPS) is 26.9. The Morgan fingerprint density at radius 3 is 1.38 bits per heavy atom. The summed E-state index contributed by atoms with van der Waals surface area (Å²) >= 11 is 0. The van der Waals surface area contributed by atoms with E-state index < -0.39 is 156 Å². The second-order valence-corrected chi connectivity index (χ2v) is 26.1. The molecule has 1 aliphatic rings. The minimum atomic E-state index is -1.61. The van der Waals surface area contributed by atoms with Gasteiger partial charge in [0.05, 0.1) is 12.6 Å². The van der Waals surface area contributed by atoms with E-state index in [4.69, 9.17) is 0 Å². The molecule has 486 valence electrons. The van der Waals surface area contributed by atoms with Crippen molar-refractivity contribution in [2.75, 3.05) is 55.9 Å². The Balaban J connectivity index is 4.32. The Morgan fingerprint density at radius 2 is 0.918 bits per heavy atom. The number of carbonyl (C=O) groups is 11. The van der Waals surface area contributed by atoms with Gasteiger partial charge in [-0.15, -0.1) is 0 Å². The molecule has 0 aromatic heterocycles. The molecule has 0 aromatic rings. The highest BCUT2D eigenvalue weighted by atomic mass is 16.3. The van der Waals surface area contributed by atoms with E-state index in [1.807, 2.05) is 55.4 Å². The van der Waals surface area contributed by atoms with Crippen molar-refractivity contribution in [1.82, 2.24) is 55.6 Å². The van der Waals surface area contributed by atoms with E-state index in [1.165, 1.54) is 82.8 Å². The van der Waals surface area contributed by atoms with E-state index in [0.717, 1.165) is 14.7 Å². The van der Waals surface area contributed by atoms with Gasteiger partial charge in [0.25, 0.3) is 0 Å². The predicted octanol–water partition coefficient (Wildman–Crippen LogP) is 3.27. The van der Waals surface area contributed by atoms with Crippen LogP contribution in [0.5, 0.6) is 0 Å². The Hall–Kier alpha value is -6.13. The van der Waals surface area contributed by atoms with Gasteiger partial charge >= 0.3 is 0 Å². The van der Waals surface area contributed by atoms with Crippen LogP contribution in [-0.4, -0.2) is 227 Å². The maximum Gasteiger partial charge on any atom is 0.246 e. The van der Waals surface area contributed by atoms with Gasteiger partial charge < -0.3 is 60.7 Å². The molecule has 0 aromatic carbocycles. The smallest absolute Gasteiger partial charge is 0.246 e. The van der Waals surface area contributed by atoms with Crippen molar-refractivity contribution in [3.8, 4) is 0 Å². The van der Waals surface area contributed by atoms with Gasteiger partial charge in [-0.1, -0.05) is 109 Å². The van der Waals surface area contributed by atoms with E-state index in [1.54, 1.807) is 60.6 Å². The Morgan fingerprint density at radius 1 is 0.471 bits per heavy atom. The summed E-state index contributed by atoms with van der Waals surface area (Å²) in [7, 11) is 9.87. The van der Waals surface area contributed by atoms with Gasteiger partial charge in [0.2, 0.25) is 65.0 Å². The lowest BCUT2D eigenvalue weighted by atomic mass is 9.91. The van der Waals surface area contributed by atoms with E-state index in [2.05, 4.69) is 21.3 Å². The molecule has 1 rings (SSSR count). The number of amides is 11. The average Bonchev–Trinajstić information content (AvgIpc) is 3.59. The van der Waals surface area contributed by atoms with Crippen LogP contribution in [0, 0.1) is 41.4 Å². The third-order valence-corrected chi connectivity index (χ3v) is 16.2. The molecular weight excluding hydrogens is 1090 g/mol. The third-order valence-electron chi connectivity index (χ3n) is 16.2. The molecule has 5 N–H and O–H groups in total. The minimum absolute atomic E-state index is 0.0228. The number of allylic oxidation sites excluding steroid dienone is 2. The molecule has 11 amide bonds. The van der Waals surface area contributed by atoms with Crippen LogP contribution >= 0.6 is 0 Å². The van der Waals surface area contributed by atoms with Gasteiger partial charge in [-0.2, -0.15) is 0 Å². The summed E-state index contributed by atoms with van der Waals surface area (Å²) in [4.78, 5) is 168. The van der Waals surface area contributed by atoms with Crippen molar-refractivity contribution in [3.05, 3.63) is 12.2 Å². The Bertz CT molecular complexity index is 2330. The first-order valence-electron chi connectivity index (χ1n) is 30.6. The van der Waals surface area contributed by atoms with E-state index in [0.29, 0.717) is 6.42 Å². The lowest BCUT2D eigenvalue weighted by Gasteiger charge is -2.41. The van der Waals surface area contributed by atoms with Crippen molar-refractivity contribution in [3.63, 3.8) is 0 Å². The fraction of sp³-hybridized carbons (Fsp3) is 0.790. The summed E-state index contributed by atoms with van der Waals surface area (Å²) in [5.41, 5.74) is 0. The van der Waals surface area contributed by atoms with Gasteiger partial charge in [-0.25, -0.2) is 0 Å². The van der Waals surface area contributed by atoms with Crippen LogP contribution in [-0.2, 0) is 52.7 Å². The molecule has 0 aliphatic carbocycles. The van der Waals surface area contributed by atoms with E-state index in [-0.39, 0.29) is 55.8 Å². The van der Waals surface area contributed by atoms with Crippen LogP contribution in [0.25, 0.3) is 0 Å². The molecule has 85 heavy (non-hydrogen) atoms. The molecule has 0 saturated carbocycles. The molecular formula is C62H111N11O12. The highest BCUT2D eigenvalue weighted by molar-refractivity contribution is 5.99. The maximum atomic E-state index is 15.1. The molecule has 1 fully saturated rings. The number of hydrogen-bond donors (Lipinski definition) is 5. The summed E-state index contributed by atoms with van der Waals surface area (Å²) < 4.78 is 0. The van der Waals surface area contributed by atoms with Crippen LogP contribution < -0.4 is 21.3 Å². The Kier molecular flexibility index (Phi) is 31.5. The highest BCUT2D eigenvalue weighted by Crippen LogP contribution is 2.25. The fourth-order valence-electron chi connectivity index (χ4n) is 10.6. The molecule has 12 atom stereocenters. The lowest BCUT2D eigenvalue weighted by Crippen LogP contribution is -2.63. The topological polar surface area (TPSA) is 279 Å². The predicted molar refractivity (Wildman–Crippen MR) is 328 cm³/mol. The number of carbonyl (C=O) groups excluding carboxylic acids is 11. The van der Waals surface area contributed by atoms with Crippen LogP contribution in [0.2, 0.25) is 0 Å². The quantitative estimate of drug-likeness (QED) is 0.148. The van der Waals surface area contributed by atoms with Crippen molar-refractivity contribution >= 4 is 65.0 Å². The zero-order valence-corrected chi connectivity index (χ0v) is 56.1. The molecule has 0 unspecified atom stereocenters. The zero-order valence-electron chi connectivity index (χ0n) is 56.1. The van der Waals surface area contributed by atoms with Crippen LogP contribution in [0.4, 0.5) is 0 Å². The van der Waals surface area contributed by atoms with Crippen molar-refractivity contribution in [2.45, 2.75) is 223 Å². The van der Waals surface area contributed by atoms with Gasteiger partial charge in [0, 0.05) is 49.3 Å². The van der Waals surface area contributed by atoms with E-state index in [9.17, 15) is 43.5 Å². The number of nitrogens with one attached hydrogen (secondary N) is 4. The van der Waals surface area contributed by atoms with Crippen molar-refractivity contribution < 1.29 is 57.8 Å².